The van der Waals surface area contributed by atoms with Crippen molar-refractivity contribution in [2.24, 2.45) is 0 Å². The van der Waals surface area contributed by atoms with E-state index in [9.17, 15) is 4.79 Å². The van der Waals surface area contributed by atoms with E-state index in [2.05, 4.69) is 10.9 Å². The Kier molecular flexibility index (Phi) is 4.65. The third kappa shape index (κ3) is 4.13. The summed E-state index contributed by atoms with van der Waals surface area (Å²) in [5.41, 5.74) is 6.66. The van der Waals surface area contributed by atoms with E-state index in [1.165, 1.54) is 6.08 Å². The second-order valence-corrected chi connectivity index (χ2v) is 4.30. The van der Waals surface area contributed by atoms with E-state index in [0.29, 0.717) is 15.7 Å². The van der Waals surface area contributed by atoms with Gasteiger partial charge in [-0.25, -0.2) is 0 Å². The van der Waals surface area contributed by atoms with Crippen LogP contribution in [-0.4, -0.2) is 5.91 Å². The zero-order valence-electron chi connectivity index (χ0n) is 8.97. The molecule has 86 valence electrons. The molecule has 0 atom stereocenters. The molecule has 0 aromatic heterocycles. The molecule has 0 aliphatic heterocycles. The highest BCUT2D eigenvalue weighted by atomic mass is 35.5. The molecule has 5 heteroatoms. The molecule has 0 fully saturated rings. The van der Waals surface area contributed by atoms with Crippen molar-refractivity contribution in [3.63, 3.8) is 0 Å². The predicted molar refractivity (Wildman–Crippen MR) is 67.7 cm³/mol. The minimum atomic E-state index is -0.240. The molecule has 2 N–H and O–H groups in total. The van der Waals surface area contributed by atoms with Crippen molar-refractivity contribution in [3.8, 4) is 0 Å². The monoisotopic (exact) mass is 258 g/mol. The lowest BCUT2D eigenvalue weighted by Crippen LogP contribution is -2.27. The van der Waals surface area contributed by atoms with Crippen molar-refractivity contribution in [3.05, 3.63) is 39.9 Å². The smallest absolute Gasteiger partial charge is 0.262 e. The number of hydrazine groups is 1. The summed E-state index contributed by atoms with van der Waals surface area (Å²) in [6.45, 7) is 3.68. The van der Waals surface area contributed by atoms with Gasteiger partial charge in [0.25, 0.3) is 5.91 Å². The fourth-order valence-corrected chi connectivity index (χ4v) is 1.36. The molecule has 0 heterocycles. The van der Waals surface area contributed by atoms with Gasteiger partial charge < -0.3 is 0 Å². The van der Waals surface area contributed by atoms with Crippen molar-refractivity contribution in [1.29, 1.82) is 0 Å². The number of halogens is 2. The summed E-state index contributed by atoms with van der Waals surface area (Å²) in [7, 11) is 0. The van der Waals surface area contributed by atoms with Gasteiger partial charge in [0.15, 0.2) is 0 Å². The van der Waals surface area contributed by atoms with E-state index in [1.807, 2.05) is 13.8 Å². The van der Waals surface area contributed by atoms with Crippen LogP contribution < -0.4 is 10.9 Å². The maximum Gasteiger partial charge on any atom is 0.262 e. The summed E-state index contributed by atoms with van der Waals surface area (Å²) in [6.07, 6.45) is 1.48. The normalized spacial score (nSPS) is 9.50. The van der Waals surface area contributed by atoms with E-state index in [-0.39, 0.29) is 5.91 Å². The summed E-state index contributed by atoms with van der Waals surface area (Å²) >= 11 is 11.7. The van der Waals surface area contributed by atoms with E-state index in [1.54, 1.807) is 18.2 Å². The van der Waals surface area contributed by atoms with Gasteiger partial charge in [-0.3, -0.25) is 15.6 Å². The van der Waals surface area contributed by atoms with Gasteiger partial charge in [0, 0.05) is 11.1 Å². The predicted octanol–water partition coefficient (Wildman–Crippen LogP) is 3.40. The molecule has 16 heavy (non-hydrogen) atoms. The Labute approximate surface area is 104 Å². The van der Waals surface area contributed by atoms with Crippen molar-refractivity contribution >= 4 is 34.8 Å². The van der Waals surface area contributed by atoms with Crippen molar-refractivity contribution < 1.29 is 4.79 Å². The summed E-state index contributed by atoms with van der Waals surface area (Å²) in [5, 5.41) is 1.03. The van der Waals surface area contributed by atoms with Gasteiger partial charge >= 0.3 is 0 Å². The Bertz CT molecular complexity index is 426. The number of carbonyl (C=O) groups excluding carboxylic acids is 1. The van der Waals surface area contributed by atoms with Gasteiger partial charge in [-0.1, -0.05) is 28.8 Å². The average Bonchev–Trinajstić information content (AvgIpc) is 2.18. The molecule has 0 aliphatic rings. The molecule has 0 saturated carbocycles. The molecule has 0 bridgehead atoms. The highest BCUT2D eigenvalue weighted by Gasteiger charge is 2.01. The molecule has 3 nitrogen and oxygen atoms in total. The maximum atomic E-state index is 11.3. The minimum absolute atomic E-state index is 0.240. The van der Waals surface area contributed by atoms with Crippen LogP contribution in [0.3, 0.4) is 0 Å². The lowest BCUT2D eigenvalue weighted by Gasteiger charge is -2.08. The van der Waals surface area contributed by atoms with E-state index >= 15 is 0 Å². The summed E-state index contributed by atoms with van der Waals surface area (Å²) in [5.74, 6) is -0.240. The van der Waals surface area contributed by atoms with Crippen molar-refractivity contribution in [2.75, 3.05) is 5.43 Å². The lowest BCUT2D eigenvalue weighted by atomic mass is 10.3. The van der Waals surface area contributed by atoms with Gasteiger partial charge in [0.1, 0.15) is 0 Å². The molecule has 1 rings (SSSR count). The van der Waals surface area contributed by atoms with Gasteiger partial charge in [0.2, 0.25) is 0 Å². The summed E-state index contributed by atoms with van der Waals surface area (Å²) in [4.78, 5) is 11.3. The number of rotatable bonds is 3. The number of anilines is 1. The number of allylic oxidation sites excluding steroid dienone is 1. The molecule has 0 unspecified atom stereocenters. The van der Waals surface area contributed by atoms with Crippen LogP contribution in [0.15, 0.2) is 29.8 Å². The van der Waals surface area contributed by atoms with Gasteiger partial charge in [-0.05, 0) is 32.0 Å². The fourth-order valence-electron chi connectivity index (χ4n) is 1.02. The number of amides is 1. The first-order valence-electron chi connectivity index (χ1n) is 4.65. The average molecular weight is 259 g/mol. The number of nitrogens with one attached hydrogen (secondary N) is 2. The standard InChI is InChI=1S/C11H12Cl2N2O/c1-7(2)5-11(16)15-14-10-6-8(12)3-4-9(10)13/h3-6,14H,1-2H3,(H,15,16). The summed E-state index contributed by atoms with van der Waals surface area (Å²) in [6, 6.07) is 4.96. The molecule has 1 amide bonds. The van der Waals surface area contributed by atoms with Crippen LogP contribution in [0.4, 0.5) is 5.69 Å². The molecule has 0 spiro atoms. The van der Waals surface area contributed by atoms with Crippen LogP contribution in [0.25, 0.3) is 0 Å². The van der Waals surface area contributed by atoms with Crippen molar-refractivity contribution in [1.82, 2.24) is 5.43 Å². The molecule has 1 aromatic rings. The quantitative estimate of drug-likeness (QED) is 0.645. The van der Waals surface area contributed by atoms with Crippen LogP contribution in [0.5, 0.6) is 0 Å². The second kappa shape index (κ2) is 5.77. The largest absolute Gasteiger partial charge is 0.297 e. The SMILES string of the molecule is CC(C)=CC(=O)NNc1cc(Cl)ccc1Cl. The lowest BCUT2D eigenvalue weighted by molar-refractivity contribution is -0.116. The van der Waals surface area contributed by atoms with E-state index < -0.39 is 0 Å². The Morgan fingerprint density at radius 3 is 2.62 bits per heavy atom. The van der Waals surface area contributed by atoms with Crippen molar-refractivity contribution in [2.45, 2.75) is 13.8 Å². The molecule has 0 aliphatic carbocycles. The Hall–Kier alpha value is -1.19. The molecule has 1 aromatic carbocycles. The zero-order chi connectivity index (χ0) is 12.1. The van der Waals surface area contributed by atoms with Crippen LogP contribution in [0, 0.1) is 0 Å². The fraction of sp³-hybridized carbons (Fsp3) is 0.182. The van der Waals surface area contributed by atoms with Gasteiger partial charge in [-0.15, -0.1) is 0 Å². The molecular formula is C11H12Cl2N2O. The van der Waals surface area contributed by atoms with Crippen LogP contribution in [-0.2, 0) is 4.79 Å². The third-order valence-electron chi connectivity index (χ3n) is 1.67. The van der Waals surface area contributed by atoms with Crippen LogP contribution >= 0.6 is 23.2 Å². The number of benzene rings is 1. The first-order chi connectivity index (χ1) is 7.49. The highest BCUT2D eigenvalue weighted by Crippen LogP contribution is 2.24. The zero-order valence-corrected chi connectivity index (χ0v) is 10.5. The van der Waals surface area contributed by atoms with Gasteiger partial charge in [-0.2, -0.15) is 0 Å². The van der Waals surface area contributed by atoms with Gasteiger partial charge in [0.05, 0.1) is 10.7 Å². The Balaban J connectivity index is 2.64. The third-order valence-corrected chi connectivity index (χ3v) is 2.23. The highest BCUT2D eigenvalue weighted by molar-refractivity contribution is 6.35. The topological polar surface area (TPSA) is 41.1 Å². The minimum Gasteiger partial charge on any atom is -0.297 e. The number of hydrogen-bond donors (Lipinski definition) is 2. The van der Waals surface area contributed by atoms with E-state index in [0.717, 1.165) is 5.57 Å². The molecule has 0 radical (unpaired) electrons. The Morgan fingerprint density at radius 1 is 1.31 bits per heavy atom. The number of carbonyl (C=O) groups is 1. The molecular weight excluding hydrogens is 247 g/mol. The second-order valence-electron chi connectivity index (χ2n) is 3.46. The first-order valence-corrected chi connectivity index (χ1v) is 5.40. The van der Waals surface area contributed by atoms with E-state index in [4.69, 9.17) is 23.2 Å². The summed E-state index contributed by atoms with van der Waals surface area (Å²) < 4.78 is 0. The number of hydrogen-bond acceptors (Lipinski definition) is 2. The Morgan fingerprint density at radius 2 is 2.00 bits per heavy atom. The van der Waals surface area contributed by atoms with Crippen LogP contribution in [0.2, 0.25) is 10.0 Å². The molecule has 0 saturated heterocycles. The van der Waals surface area contributed by atoms with Crippen LogP contribution in [0.1, 0.15) is 13.8 Å². The first kappa shape index (κ1) is 12.9. The maximum absolute atomic E-state index is 11.3.